The number of hydrogen-bond acceptors (Lipinski definition) is 6. The van der Waals surface area contributed by atoms with E-state index in [0.29, 0.717) is 28.5 Å². The van der Waals surface area contributed by atoms with Crippen LogP contribution in [0.25, 0.3) is 0 Å². The van der Waals surface area contributed by atoms with Gasteiger partial charge in [0.25, 0.3) is 5.91 Å². The Bertz CT molecular complexity index is 846. The molecule has 124 valence electrons. The van der Waals surface area contributed by atoms with Crippen LogP contribution >= 0.6 is 0 Å². The van der Waals surface area contributed by atoms with Crippen molar-refractivity contribution < 1.29 is 23.6 Å². The summed E-state index contributed by atoms with van der Waals surface area (Å²) in [5, 5.41) is 6.51. The number of imide groups is 1. The van der Waals surface area contributed by atoms with Crippen LogP contribution in [0.1, 0.15) is 23.9 Å². The minimum atomic E-state index is -1.17. The number of rotatable bonds is 3. The maximum absolute atomic E-state index is 12.9. The Morgan fingerprint density at radius 3 is 2.79 bits per heavy atom. The van der Waals surface area contributed by atoms with Gasteiger partial charge in [0.15, 0.2) is 17.3 Å². The monoisotopic (exact) mass is 329 g/mol. The third-order valence-electron chi connectivity index (χ3n) is 4.22. The topological polar surface area (TPSA) is 93.9 Å². The zero-order chi connectivity index (χ0) is 16.9. The molecule has 1 unspecified atom stereocenters. The number of aryl methyl sites for hydroxylation is 1. The maximum atomic E-state index is 12.9. The minimum absolute atomic E-state index is 0.0334. The SMILES string of the molecule is Cc1cc(CN2C(=O)NC(C)(c3ccc4c(c3)OCO4)C2=O)on1. The molecule has 2 aliphatic heterocycles. The van der Waals surface area contributed by atoms with Gasteiger partial charge >= 0.3 is 6.03 Å². The zero-order valence-electron chi connectivity index (χ0n) is 13.2. The predicted molar refractivity (Wildman–Crippen MR) is 80.2 cm³/mol. The van der Waals surface area contributed by atoms with Crippen molar-refractivity contribution in [2.75, 3.05) is 6.79 Å². The molecule has 3 heterocycles. The van der Waals surface area contributed by atoms with Crippen LogP contribution in [-0.2, 0) is 16.9 Å². The van der Waals surface area contributed by atoms with E-state index in [1.165, 1.54) is 0 Å². The molecule has 0 bridgehead atoms. The van der Waals surface area contributed by atoms with Crippen molar-refractivity contribution in [3.05, 3.63) is 41.3 Å². The van der Waals surface area contributed by atoms with E-state index in [9.17, 15) is 9.59 Å². The molecule has 1 saturated heterocycles. The summed E-state index contributed by atoms with van der Waals surface area (Å²) in [6.07, 6.45) is 0. The summed E-state index contributed by atoms with van der Waals surface area (Å²) in [6, 6.07) is 6.40. The molecule has 24 heavy (non-hydrogen) atoms. The molecule has 1 atom stereocenters. The van der Waals surface area contributed by atoms with Crippen molar-refractivity contribution in [1.29, 1.82) is 0 Å². The van der Waals surface area contributed by atoms with Gasteiger partial charge in [-0.15, -0.1) is 0 Å². The van der Waals surface area contributed by atoms with Gasteiger partial charge in [0.1, 0.15) is 5.54 Å². The summed E-state index contributed by atoms with van der Waals surface area (Å²) < 4.78 is 15.7. The van der Waals surface area contributed by atoms with E-state index >= 15 is 0 Å². The number of amides is 3. The van der Waals surface area contributed by atoms with Crippen LogP contribution in [0.2, 0.25) is 0 Å². The lowest BCUT2D eigenvalue weighted by molar-refractivity contribution is -0.131. The summed E-state index contributed by atoms with van der Waals surface area (Å²) in [5.74, 6) is 1.26. The number of carbonyl (C=O) groups excluding carboxylic acids is 2. The minimum Gasteiger partial charge on any atom is -0.454 e. The van der Waals surface area contributed by atoms with Crippen molar-refractivity contribution in [2.24, 2.45) is 0 Å². The van der Waals surface area contributed by atoms with Crippen LogP contribution in [0, 0.1) is 6.92 Å². The number of fused-ring (bicyclic) bond motifs is 1. The molecule has 1 fully saturated rings. The molecular formula is C16H15N3O5. The van der Waals surface area contributed by atoms with Gasteiger partial charge in [-0.2, -0.15) is 0 Å². The number of ether oxygens (including phenoxy) is 2. The second kappa shape index (κ2) is 4.98. The van der Waals surface area contributed by atoms with Crippen molar-refractivity contribution in [2.45, 2.75) is 25.9 Å². The largest absolute Gasteiger partial charge is 0.454 e. The van der Waals surface area contributed by atoms with Gasteiger partial charge in [0.2, 0.25) is 6.79 Å². The number of carbonyl (C=O) groups is 2. The van der Waals surface area contributed by atoms with Gasteiger partial charge in [-0.25, -0.2) is 4.79 Å². The molecule has 0 spiro atoms. The summed E-state index contributed by atoms with van der Waals surface area (Å²) in [6.45, 7) is 3.62. The Kier molecular flexibility index (Phi) is 3.02. The molecule has 2 aromatic rings. The van der Waals surface area contributed by atoms with E-state index in [0.717, 1.165) is 4.90 Å². The van der Waals surface area contributed by atoms with Crippen LogP contribution in [-0.4, -0.2) is 28.8 Å². The number of benzene rings is 1. The summed E-state index contributed by atoms with van der Waals surface area (Å²) in [4.78, 5) is 26.3. The standard InChI is InChI=1S/C16H15N3O5/c1-9-5-11(24-18-9)7-19-14(20)16(2,17-15(19)21)10-3-4-12-13(6-10)23-8-22-12/h3-6H,7-8H2,1-2H3,(H,17,21). The highest BCUT2D eigenvalue weighted by molar-refractivity contribution is 6.07. The van der Waals surface area contributed by atoms with Crippen LogP contribution in [0.5, 0.6) is 11.5 Å². The first-order chi connectivity index (χ1) is 11.5. The lowest BCUT2D eigenvalue weighted by Gasteiger charge is -2.22. The van der Waals surface area contributed by atoms with Gasteiger partial charge in [-0.3, -0.25) is 9.69 Å². The second-order valence-corrected chi connectivity index (χ2v) is 5.95. The van der Waals surface area contributed by atoms with Gasteiger partial charge < -0.3 is 19.3 Å². The van der Waals surface area contributed by atoms with Gasteiger partial charge in [0, 0.05) is 6.07 Å². The number of nitrogens with one attached hydrogen (secondary N) is 1. The molecule has 8 heteroatoms. The van der Waals surface area contributed by atoms with E-state index < -0.39 is 11.6 Å². The average molecular weight is 329 g/mol. The quantitative estimate of drug-likeness (QED) is 0.861. The molecule has 2 aliphatic rings. The molecule has 0 saturated carbocycles. The summed E-state index contributed by atoms with van der Waals surface area (Å²) in [7, 11) is 0. The Labute approximate surface area is 137 Å². The van der Waals surface area contributed by atoms with Gasteiger partial charge in [-0.05, 0) is 31.5 Å². The van der Waals surface area contributed by atoms with E-state index in [1.807, 2.05) is 0 Å². The molecule has 3 amide bonds. The van der Waals surface area contributed by atoms with Gasteiger partial charge in [0.05, 0.1) is 12.2 Å². The number of aromatic nitrogens is 1. The number of nitrogens with zero attached hydrogens (tertiary/aromatic N) is 2. The molecular weight excluding hydrogens is 314 g/mol. The van der Waals surface area contributed by atoms with E-state index in [4.69, 9.17) is 14.0 Å². The lowest BCUT2D eigenvalue weighted by atomic mass is 9.91. The fourth-order valence-corrected chi connectivity index (χ4v) is 2.89. The first kappa shape index (κ1) is 14.6. The maximum Gasteiger partial charge on any atom is 0.325 e. The molecule has 0 radical (unpaired) electrons. The van der Waals surface area contributed by atoms with Crippen molar-refractivity contribution in [1.82, 2.24) is 15.4 Å². The second-order valence-electron chi connectivity index (χ2n) is 5.95. The molecule has 4 rings (SSSR count). The van der Waals surface area contributed by atoms with E-state index in [2.05, 4.69) is 10.5 Å². The van der Waals surface area contributed by atoms with Gasteiger partial charge in [-0.1, -0.05) is 11.2 Å². The molecule has 1 aromatic carbocycles. The normalized spacial score (nSPS) is 22.2. The smallest absolute Gasteiger partial charge is 0.325 e. The van der Waals surface area contributed by atoms with Crippen LogP contribution in [0.3, 0.4) is 0 Å². The van der Waals surface area contributed by atoms with Crippen molar-refractivity contribution >= 4 is 11.9 Å². The van der Waals surface area contributed by atoms with Crippen LogP contribution in [0.4, 0.5) is 4.79 Å². The Morgan fingerprint density at radius 2 is 2.04 bits per heavy atom. The fourth-order valence-electron chi connectivity index (χ4n) is 2.89. The summed E-state index contributed by atoms with van der Waals surface area (Å²) in [5.41, 5.74) is 0.143. The predicted octanol–water partition coefficient (Wildman–Crippen LogP) is 1.68. The fraction of sp³-hybridized carbons (Fsp3) is 0.312. The Hall–Kier alpha value is -3.03. The summed E-state index contributed by atoms with van der Waals surface area (Å²) >= 11 is 0. The molecule has 1 aromatic heterocycles. The highest BCUT2D eigenvalue weighted by atomic mass is 16.7. The highest BCUT2D eigenvalue weighted by Gasteiger charge is 2.49. The highest BCUT2D eigenvalue weighted by Crippen LogP contribution is 2.38. The first-order valence-corrected chi connectivity index (χ1v) is 7.44. The molecule has 0 aliphatic carbocycles. The third-order valence-corrected chi connectivity index (χ3v) is 4.22. The molecule has 8 nitrogen and oxygen atoms in total. The third kappa shape index (κ3) is 2.10. The van der Waals surface area contributed by atoms with E-state index in [-0.39, 0.29) is 19.2 Å². The first-order valence-electron chi connectivity index (χ1n) is 7.44. The number of hydrogen-bond donors (Lipinski definition) is 1. The Balaban J connectivity index is 1.64. The Morgan fingerprint density at radius 1 is 1.25 bits per heavy atom. The lowest BCUT2D eigenvalue weighted by Crippen LogP contribution is -2.40. The number of urea groups is 1. The zero-order valence-corrected chi connectivity index (χ0v) is 13.2. The van der Waals surface area contributed by atoms with Crippen molar-refractivity contribution in [3.63, 3.8) is 0 Å². The van der Waals surface area contributed by atoms with Crippen LogP contribution < -0.4 is 14.8 Å². The van der Waals surface area contributed by atoms with Crippen LogP contribution in [0.15, 0.2) is 28.8 Å². The average Bonchev–Trinajstić information content (AvgIpc) is 3.23. The van der Waals surface area contributed by atoms with Crippen molar-refractivity contribution in [3.8, 4) is 11.5 Å². The van der Waals surface area contributed by atoms with E-state index in [1.54, 1.807) is 38.1 Å². The molecule has 1 N–H and O–H groups in total.